The summed E-state index contributed by atoms with van der Waals surface area (Å²) in [5.74, 6) is 0.499. The molecule has 2 aliphatic rings. The molecule has 6 nitrogen and oxygen atoms in total. The van der Waals surface area contributed by atoms with Crippen molar-refractivity contribution in [3.05, 3.63) is 29.3 Å². The van der Waals surface area contributed by atoms with Crippen LogP contribution in [0.25, 0.3) is 0 Å². The molecular formula is C25H42O6Si. The van der Waals surface area contributed by atoms with Gasteiger partial charge in [-0.1, -0.05) is 32.6 Å². The maximum atomic E-state index is 11.3. The first-order valence-electron chi connectivity index (χ1n) is 12.0. The molecule has 0 radical (unpaired) electrons. The monoisotopic (exact) mass is 466 g/mol. The molecule has 1 aromatic rings. The molecule has 1 atom stereocenters. The van der Waals surface area contributed by atoms with Gasteiger partial charge in [-0.25, -0.2) is 0 Å². The van der Waals surface area contributed by atoms with Crippen LogP contribution in [-0.4, -0.2) is 58.3 Å². The van der Waals surface area contributed by atoms with Crippen molar-refractivity contribution < 1.29 is 28.8 Å². The number of hydrogen-bond acceptors (Lipinski definition) is 6. The Labute approximate surface area is 194 Å². The summed E-state index contributed by atoms with van der Waals surface area (Å²) in [6, 6.07) is 7.34. The Bertz CT molecular complexity index is 716. The van der Waals surface area contributed by atoms with E-state index >= 15 is 0 Å². The third-order valence-electron chi connectivity index (χ3n) is 6.92. The topological polar surface area (TPSA) is 66.4 Å². The van der Waals surface area contributed by atoms with Gasteiger partial charge >= 0.3 is 0 Å². The predicted molar refractivity (Wildman–Crippen MR) is 128 cm³/mol. The summed E-state index contributed by atoms with van der Waals surface area (Å²) in [5.41, 5.74) is 1.49. The van der Waals surface area contributed by atoms with Gasteiger partial charge in [0.05, 0.1) is 32.5 Å². The second kappa shape index (κ2) is 11.0. The van der Waals surface area contributed by atoms with Crippen molar-refractivity contribution in [2.75, 3.05) is 33.7 Å². The van der Waals surface area contributed by atoms with Gasteiger partial charge in [-0.3, -0.25) is 0 Å². The maximum absolute atomic E-state index is 11.3. The highest BCUT2D eigenvalue weighted by atomic mass is 28.3. The van der Waals surface area contributed by atoms with E-state index in [9.17, 15) is 5.11 Å². The van der Waals surface area contributed by atoms with Crippen LogP contribution < -0.4 is 4.74 Å². The van der Waals surface area contributed by atoms with Crippen molar-refractivity contribution >= 4 is 8.07 Å². The molecule has 1 heterocycles. The molecule has 0 aromatic heterocycles. The Hall–Kier alpha value is -0.963. The Morgan fingerprint density at radius 1 is 1.06 bits per heavy atom. The second-order valence-electron chi connectivity index (χ2n) is 10.6. The first-order valence-corrected chi connectivity index (χ1v) is 15.7. The van der Waals surface area contributed by atoms with Crippen molar-refractivity contribution in [2.45, 2.75) is 82.7 Å². The van der Waals surface area contributed by atoms with Crippen molar-refractivity contribution in [2.24, 2.45) is 5.92 Å². The van der Waals surface area contributed by atoms with Gasteiger partial charge in [0.2, 0.25) is 0 Å². The van der Waals surface area contributed by atoms with Crippen LogP contribution in [0.2, 0.25) is 25.7 Å². The van der Waals surface area contributed by atoms with E-state index in [0.29, 0.717) is 39.5 Å². The van der Waals surface area contributed by atoms with E-state index in [-0.39, 0.29) is 5.92 Å². The molecule has 1 aliphatic heterocycles. The molecule has 32 heavy (non-hydrogen) atoms. The Balaban J connectivity index is 1.51. The zero-order valence-electron chi connectivity index (χ0n) is 20.6. The van der Waals surface area contributed by atoms with Crippen LogP contribution in [0.4, 0.5) is 0 Å². The molecular weight excluding hydrogens is 424 g/mol. The summed E-state index contributed by atoms with van der Waals surface area (Å²) in [6.07, 6.45) is 3.72. The van der Waals surface area contributed by atoms with Gasteiger partial charge in [0.15, 0.2) is 5.79 Å². The molecule has 1 N–H and O–H groups in total. The van der Waals surface area contributed by atoms with Crippen molar-refractivity contribution in [1.29, 1.82) is 0 Å². The van der Waals surface area contributed by atoms with E-state index in [4.69, 9.17) is 23.7 Å². The summed E-state index contributed by atoms with van der Waals surface area (Å²) in [4.78, 5) is 0. The van der Waals surface area contributed by atoms with E-state index in [1.165, 1.54) is 5.56 Å². The Morgan fingerprint density at radius 3 is 2.38 bits per heavy atom. The summed E-state index contributed by atoms with van der Waals surface area (Å²) in [6.45, 7) is 12.0. The first kappa shape index (κ1) is 25.7. The van der Waals surface area contributed by atoms with Crippen LogP contribution in [0.15, 0.2) is 18.2 Å². The summed E-state index contributed by atoms with van der Waals surface area (Å²) in [5, 5.41) is 11.3. The lowest BCUT2D eigenvalue weighted by molar-refractivity contribution is -0.209. The molecule has 0 bridgehead atoms. The standard InChI is InChI=1S/C25H42O6Si/c1-20(24(26)8-10-25(11-9-24)30-12-13-31-25)16-21-6-7-23(27-2)22(17-21)18-29-19-28-14-15-32(3,4)5/h6-7,17,20,26H,8-16,18-19H2,1-5H3. The zero-order valence-corrected chi connectivity index (χ0v) is 21.6. The van der Waals surface area contributed by atoms with E-state index in [1.807, 2.05) is 6.07 Å². The van der Waals surface area contributed by atoms with Gasteiger partial charge in [-0.05, 0) is 48.9 Å². The van der Waals surface area contributed by atoms with Crippen molar-refractivity contribution in [3.8, 4) is 5.75 Å². The highest BCUT2D eigenvalue weighted by Crippen LogP contribution is 2.44. The van der Waals surface area contributed by atoms with Gasteiger partial charge < -0.3 is 28.8 Å². The van der Waals surface area contributed by atoms with Crippen LogP contribution in [0.5, 0.6) is 5.75 Å². The minimum atomic E-state index is -1.08. The second-order valence-corrected chi connectivity index (χ2v) is 16.3. The molecule has 0 amide bonds. The molecule has 3 rings (SSSR count). The molecule has 1 unspecified atom stereocenters. The van der Waals surface area contributed by atoms with Crippen LogP contribution in [0.1, 0.15) is 43.7 Å². The molecule has 7 heteroatoms. The fourth-order valence-electron chi connectivity index (χ4n) is 4.61. The molecule has 1 saturated carbocycles. The molecule has 2 fully saturated rings. The maximum Gasteiger partial charge on any atom is 0.168 e. The lowest BCUT2D eigenvalue weighted by Gasteiger charge is -2.43. The van der Waals surface area contributed by atoms with Crippen molar-refractivity contribution in [1.82, 2.24) is 0 Å². The van der Waals surface area contributed by atoms with Gasteiger partial charge in [-0.2, -0.15) is 0 Å². The SMILES string of the molecule is COc1ccc(CC(C)C2(O)CCC3(CC2)OCCO3)cc1COCOCC[Si](C)(C)C. The molecule has 1 aromatic carbocycles. The first-order chi connectivity index (χ1) is 15.1. The zero-order chi connectivity index (χ0) is 23.2. The average molecular weight is 467 g/mol. The van der Waals surface area contributed by atoms with E-state index < -0.39 is 19.5 Å². The number of methoxy groups -OCH3 is 1. The van der Waals surface area contributed by atoms with Crippen LogP contribution in [0.3, 0.4) is 0 Å². The van der Waals surface area contributed by atoms with Gasteiger partial charge in [-0.15, -0.1) is 0 Å². The number of benzene rings is 1. The lowest BCUT2D eigenvalue weighted by atomic mass is 9.72. The van der Waals surface area contributed by atoms with E-state index in [2.05, 4.69) is 38.7 Å². The van der Waals surface area contributed by atoms with Crippen LogP contribution in [-0.2, 0) is 32.0 Å². The van der Waals surface area contributed by atoms with Crippen LogP contribution >= 0.6 is 0 Å². The third-order valence-corrected chi connectivity index (χ3v) is 8.62. The van der Waals surface area contributed by atoms with Gasteiger partial charge in [0, 0.05) is 33.1 Å². The minimum absolute atomic E-state index is 0.133. The van der Waals surface area contributed by atoms with E-state index in [1.54, 1.807) is 7.11 Å². The third kappa shape index (κ3) is 7.02. The average Bonchev–Trinajstić information content (AvgIpc) is 3.21. The highest BCUT2D eigenvalue weighted by Gasteiger charge is 2.47. The Kier molecular flexibility index (Phi) is 8.80. The van der Waals surface area contributed by atoms with Crippen molar-refractivity contribution in [3.63, 3.8) is 0 Å². The summed E-state index contributed by atoms with van der Waals surface area (Å²) in [7, 11) is 0.595. The largest absolute Gasteiger partial charge is 0.496 e. The number of rotatable bonds is 11. The number of aliphatic hydroxyl groups is 1. The molecule has 182 valence electrons. The van der Waals surface area contributed by atoms with Crippen LogP contribution in [0, 0.1) is 5.92 Å². The lowest BCUT2D eigenvalue weighted by Crippen LogP contribution is -2.47. The van der Waals surface area contributed by atoms with Gasteiger partial charge in [0.1, 0.15) is 12.5 Å². The number of hydrogen-bond donors (Lipinski definition) is 1. The minimum Gasteiger partial charge on any atom is -0.496 e. The molecule has 1 saturated heterocycles. The predicted octanol–water partition coefficient (Wildman–Crippen LogP) is 4.75. The number of ether oxygens (including phenoxy) is 5. The quantitative estimate of drug-likeness (QED) is 0.288. The highest BCUT2D eigenvalue weighted by molar-refractivity contribution is 6.76. The Morgan fingerprint density at radius 2 is 1.75 bits per heavy atom. The summed E-state index contributed by atoms with van der Waals surface area (Å²) < 4.78 is 28.6. The summed E-state index contributed by atoms with van der Waals surface area (Å²) >= 11 is 0. The smallest absolute Gasteiger partial charge is 0.168 e. The fraction of sp³-hybridized carbons (Fsp3) is 0.760. The normalized spacial score (nSPS) is 21.1. The fourth-order valence-corrected chi connectivity index (χ4v) is 5.36. The van der Waals surface area contributed by atoms with Gasteiger partial charge in [0.25, 0.3) is 0 Å². The van der Waals surface area contributed by atoms with E-state index in [0.717, 1.165) is 43.2 Å². The molecule has 1 spiro atoms. The molecule has 1 aliphatic carbocycles.